The number of aromatic nitrogens is 3. The number of carboxylic acids is 1. The maximum absolute atomic E-state index is 12.0. The van der Waals surface area contributed by atoms with Crippen molar-refractivity contribution in [3.8, 4) is 0 Å². The van der Waals surface area contributed by atoms with Crippen LogP contribution in [0.3, 0.4) is 0 Å². The molecule has 2 heterocycles. The van der Waals surface area contributed by atoms with Gasteiger partial charge >= 0.3 is 11.7 Å². The van der Waals surface area contributed by atoms with E-state index in [-0.39, 0.29) is 12.2 Å². The number of aliphatic carboxylic acids is 1. The molecule has 1 N–H and O–H groups in total. The van der Waals surface area contributed by atoms with Crippen molar-refractivity contribution in [2.24, 2.45) is 0 Å². The second-order valence-corrected chi connectivity index (χ2v) is 4.38. The molecule has 0 saturated carbocycles. The molecule has 18 heavy (non-hydrogen) atoms. The Kier molecular flexibility index (Phi) is 3.64. The molecule has 0 unspecified atom stereocenters. The van der Waals surface area contributed by atoms with Gasteiger partial charge in [-0.1, -0.05) is 13.0 Å². The van der Waals surface area contributed by atoms with Crippen LogP contribution in [-0.2, 0) is 24.3 Å². The monoisotopic (exact) mass is 251 g/mol. The van der Waals surface area contributed by atoms with Gasteiger partial charge in [-0.15, -0.1) is 0 Å². The Hall–Kier alpha value is -1.85. The SMILES string of the molecule is CCC(=CCn1nc2n(c1=O)CCCC2)C(=O)O. The number of hydrogen-bond acceptors (Lipinski definition) is 3. The summed E-state index contributed by atoms with van der Waals surface area (Å²) in [5.41, 5.74) is 0.176. The third-order valence-electron chi connectivity index (χ3n) is 3.20. The first-order valence-corrected chi connectivity index (χ1v) is 6.22. The summed E-state index contributed by atoms with van der Waals surface area (Å²) < 4.78 is 3.03. The van der Waals surface area contributed by atoms with E-state index in [9.17, 15) is 9.59 Å². The van der Waals surface area contributed by atoms with Gasteiger partial charge < -0.3 is 5.11 Å². The fraction of sp³-hybridized carbons (Fsp3) is 0.583. The predicted octanol–water partition coefficient (Wildman–Crippen LogP) is 0.802. The van der Waals surface area contributed by atoms with Gasteiger partial charge in [-0.25, -0.2) is 14.3 Å². The quantitative estimate of drug-likeness (QED) is 0.803. The highest BCUT2D eigenvalue weighted by atomic mass is 16.4. The lowest BCUT2D eigenvalue weighted by molar-refractivity contribution is -0.132. The first kappa shape index (κ1) is 12.6. The molecule has 0 bridgehead atoms. The van der Waals surface area contributed by atoms with Crippen LogP contribution in [-0.4, -0.2) is 25.4 Å². The number of carboxylic acid groups (broad SMARTS) is 1. The van der Waals surface area contributed by atoms with Crippen LogP contribution in [0.1, 0.15) is 32.0 Å². The highest BCUT2D eigenvalue weighted by Crippen LogP contribution is 2.09. The van der Waals surface area contributed by atoms with Crippen LogP contribution in [0.4, 0.5) is 0 Å². The van der Waals surface area contributed by atoms with Crippen LogP contribution >= 0.6 is 0 Å². The lowest BCUT2D eigenvalue weighted by Crippen LogP contribution is -2.26. The Morgan fingerprint density at radius 1 is 1.50 bits per heavy atom. The fourth-order valence-electron chi connectivity index (χ4n) is 2.15. The number of fused-ring (bicyclic) bond motifs is 1. The van der Waals surface area contributed by atoms with Gasteiger partial charge in [0.05, 0.1) is 6.54 Å². The van der Waals surface area contributed by atoms with E-state index in [1.165, 1.54) is 4.68 Å². The summed E-state index contributed by atoms with van der Waals surface area (Å²) in [7, 11) is 0. The van der Waals surface area contributed by atoms with Crippen LogP contribution < -0.4 is 5.69 Å². The van der Waals surface area contributed by atoms with E-state index in [1.54, 1.807) is 17.6 Å². The molecule has 1 aliphatic rings. The number of aryl methyl sites for hydroxylation is 1. The summed E-state index contributed by atoms with van der Waals surface area (Å²) in [5.74, 6) is -0.123. The molecule has 0 spiro atoms. The van der Waals surface area contributed by atoms with Crippen molar-refractivity contribution in [2.75, 3.05) is 0 Å². The average molecular weight is 251 g/mol. The van der Waals surface area contributed by atoms with Crippen molar-refractivity contribution >= 4 is 5.97 Å². The Bertz CT molecular complexity index is 539. The normalized spacial score (nSPS) is 15.5. The van der Waals surface area contributed by atoms with Crippen molar-refractivity contribution in [1.29, 1.82) is 0 Å². The molecular weight excluding hydrogens is 234 g/mol. The molecule has 0 fully saturated rings. The zero-order valence-electron chi connectivity index (χ0n) is 10.4. The van der Waals surface area contributed by atoms with Gasteiger partial charge in [-0.2, -0.15) is 5.10 Å². The largest absolute Gasteiger partial charge is 0.478 e. The summed E-state index contributed by atoms with van der Waals surface area (Å²) in [5, 5.41) is 13.1. The minimum absolute atomic E-state index is 0.137. The summed E-state index contributed by atoms with van der Waals surface area (Å²) in [6, 6.07) is 0. The topological polar surface area (TPSA) is 77.1 Å². The Labute approximate surface area is 105 Å². The molecule has 6 nitrogen and oxygen atoms in total. The van der Waals surface area contributed by atoms with Crippen LogP contribution in [0.2, 0.25) is 0 Å². The van der Waals surface area contributed by atoms with E-state index < -0.39 is 5.97 Å². The van der Waals surface area contributed by atoms with Crippen molar-refractivity contribution in [3.05, 3.63) is 28.0 Å². The first-order valence-electron chi connectivity index (χ1n) is 6.22. The molecule has 2 rings (SSSR count). The molecule has 0 saturated heterocycles. The number of carbonyl (C=O) groups is 1. The lowest BCUT2D eigenvalue weighted by atomic mass is 10.2. The molecule has 1 aliphatic heterocycles. The fourth-order valence-corrected chi connectivity index (χ4v) is 2.15. The van der Waals surface area contributed by atoms with E-state index in [1.807, 2.05) is 0 Å². The smallest absolute Gasteiger partial charge is 0.346 e. The number of nitrogens with zero attached hydrogens (tertiary/aromatic N) is 3. The predicted molar refractivity (Wildman–Crippen MR) is 65.4 cm³/mol. The van der Waals surface area contributed by atoms with E-state index in [0.29, 0.717) is 12.0 Å². The second kappa shape index (κ2) is 5.20. The molecular formula is C12H17N3O3. The van der Waals surface area contributed by atoms with Gasteiger partial charge in [0.25, 0.3) is 0 Å². The van der Waals surface area contributed by atoms with Crippen molar-refractivity contribution in [1.82, 2.24) is 14.3 Å². The van der Waals surface area contributed by atoms with Crippen molar-refractivity contribution < 1.29 is 9.90 Å². The number of rotatable bonds is 4. The molecule has 0 aromatic carbocycles. The Balaban J connectivity index is 2.23. The molecule has 6 heteroatoms. The van der Waals surface area contributed by atoms with Gasteiger partial charge in [-0.05, 0) is 19.3 Å². The summed E-state index contributed by atoms with van der Waals surface area (Å²) in [6.07, 6.45) is 4.89. The molecule has 1 aromatic heterocycles. The molecule has 0 amide bonds. The summed E-state index contributed by atoms with van der Waals surface area (Å²) >= 11 is 0. The van der Waals surface area contributed by atoms with E-state index >= 15 is 0 Å². The molecule has 0 aliphatic carbocycles. The van der Waals surface area contributed by atoms with Gasteiger partial charge in [0, 0.05) is 18.5 Å². The first-order chi connectivity index (χ1) is 8.63. The summed E-state index contributed by atoms with van der Waals surface area (Å²) in [6.45, 7) is 2.73. The van der Waals surface area contributed by atoms with Crippen molar-refractivity contribution in [3.63, 3.8) is 0 Å². The van der Waals surface area contributed by atoms with Crippen LogP contribution in [0.15, 0.2) is 16.4 Å². The van der Waals surface area contributed by atoms with Gasteiger partial charge in [0.2, 0.25) is 0 Å². The average Bonchev–Trinajstić information content (AvgIpc) is 2.67. The van der Waals surface area contributed by atoms with E-state index in [0.717, 1.165) is 31.6 Å². The molecule has 0 radical (unpaired) electrons. The Morgan fingerprint density at radius 3 is 2.89 bits per heavy atom. The van der Waals surface area contributed by atoms with Crippen LogP contribution in [0.25, 0.3) is 0 Å². The maximum Gasteiger partial charge on any atom is 0.346 e. The number of allylic oxidation sites excluding steroid dienone is 1. The summed E-state index contributed by atoms with van der Waals surface area (Å²) in [4.78, 5) is 22.8. The highest BCUT2D eigenvalue weighted by Gasteiger charge is 2.16. The Morgan fingerprint density at radius 2 is 2.28 bits per heavy atom. The lowest BCUT2D eigenvalue weighted by Gasteiger charge is -2.09. The van der Waals surface area contributed by atoms with Crippen LogP contribution in [0.5, 0.6) is 0 Å². The third-order valence-corrected chi connectivity index (χ3v) is 3.20. The van der Waals surface area contributed by atoms with Crippen molar-refractivity contribution in [2.45, 2.75) is 45.7 Å². The maximum atomic E-state index is 12.0. The minimum atomic E-state index is -0.936. The van der Waals surface area contributed by atoms with Gasteiger partial charge in [-0.3, -0.25) is 4.57 Å². The van der Waals surface area contributed by atoms with E-state index in [4.69, 9.17) is 5.11 Å². The standard InChI is InChI=1S/C12H17N3O3/c1-2-9(11(16)17)6-8-15-12(18)14-7-4-3-5-10(14)13-15/h6H,2-5,7-8H2,1H3,(H,16,17). The molecule has 1 aromatic rings. The minimum Gasteiger partial charge on any atom is -0.478 e. The third kappa shape index (κ3) is 2.37. The highest BCUT2D eigenvalue weighted by molar-refractivity contribution is 5.86. The second-order valence-electron chi connectivity index (χ2n) is 4.38. The molecule has 0 atom stereocenters. The zero-order chi connectivity index (χ0) is 13.1. The van der Waals surface area contributed by atoms with E-state index in [2.05, 4.69) is 5.10 Å². The van der Waals surface area contributed by atoms with Crippen LogP contribution in [0, 0.1) is 0 Å². The molecule has 98 valence electrons. The number of hydrogen-bond donors (Lipinski definition) is 1. The van der Waals surface area contributed by atoms with Gasteiger partial charge in [0.15, 0.2) is 0 Å². The van der Waals surface area contributed by atoms with Gasteiger partial charge in [0.1, 0.15) is 5.82 Å². The zero-order valence-corrected chi connectivity index (χ0v) is 10.4.